The Kier molecular flexibility index (Phi) is 6.32. The number of hydrogen-bond acceptors (Lipinski definition) is 5. The van der Waals surface area contributed by atoms with Gasteiger partial charge in [-0.1, -0.05) is 42.5 Å². The van der Waals surface area contributed by atoms with Gasteiger partial charge in [-0.25, -0.2) is 4.98 Å². The molecule has 1 aromatic heterocycles. The van der Waals surface area contributed by atoms with Gasteiger partial charge in [-0.2, -0.15) is 0 Å². The van der Waals surface area contributed by atoms with Crippen molar-refractivity contribution in [1.82, 2.24) is 9.88 Å². The predicted octanol–water partition coefficient (Wildman–Crippen LogP) is 4.09. The lowest BCUT2D eigenvalue weighted by atomic mass is 10.0. The third-order valence-electron chi connectivity index (χ3n) is 5.07. The van der Waals surface area contributed by atoms with Crippen LogP contribution in [0.5, 0.6) is 5.75 Å². The molecule has 2 heterocycles. The number of carbonyl (C=O) groups is 3. The van der Waals surface area contributed by atoms with Crippen molar-refractivity contribution >= 4 is 39.5 Å². The first kappa shape index (κ1) is 21.7. The van der Waals surface area contributed by atoms with Crippen LogP contribution in [-0.4, -0.2) is 40.3 Å². The number of amides is 3. The van der Waals surface area contributed by atoms with Crippen LogP contribution in [0.4, 0.5) is 5.82 Å². The van der Waals surface area contributed by atoms with E-state index in [4.69, 9.17) is 4.74 Å². The van der Waals surface area contributed by atoms with E-state index in [0.29, 0.717) is 28.0 Å². The van der Waals surface area contributed by atoms with Crippen LogP contribution in [0.25, 0.3) is 0 Å². The normalized spacial score (nSPS) is 13.6. The van der Waals surface area contributed by atoms with Gasteiger partial charge in [0.15, 0.2) is 11.6 Å². The van der Waals surface area contributed by atoms with Crippen molar-refractivity contribution in [2.75, 3.05) is 11.9 Å². The lowest BCUT2D eigenvalue weighted by molar-refractivity contribution is -0.120. The van der Waals surface area contributed by atoms with E-state index in [0.717, 1.165) is 10.5 Å². The molecule has 1 atom stereocenters. The Morgan fingerprint density at radius 3 is 2.31 bits per heavy atom. The minimum atomic E-state index is -1.07. The maximum absolute atomic E-state index is 13.4. The number of fused-ring (bicyclic) bond motifs is 1. The fourth-order valence-corrected chi connectivity index (χ4v) is 3.92. The minimum absolute atomic E-state index is 0.165. The summed E-state index contributed by atoms with van der Waals surface area (Å²) in [6.45, 7) is 2.20. The second-order valence-corrected chi connectivity index (χ2v) is 8.07. The number of carbonyl (C=O) groups excluding carboxylic acids is 3. The van der Waals surface area contributed by atoms with Gasteiger partial charge in [0.05, 0.1) is 17.7 Å². The number of ether oxygens (including phenoxy) is 1. The van der Waals surface area contributed by atoms with E-state index in [1.807, 2.05) is 37.3 Å². The van der Waals surface area contributed by atoms with E-state index < -0.39 is 23.8 Å². The Balaban J connectivity index is 1.69. The second kappa shape index (κ2) is 9.32. The van der Waals surface area contributed by atoms with Crippen LogP contribution in [-0.2, 0) is 11.2 Å². The number of benzene rings is 2. The van der Waals surface area contributed by atoms with Crippen LogP contribution < -0.4 is 10.1 Å². The van der Waals surface area contributed by atoms with Gasteiger partial charge < -0.3 is 10.1 Å². The molecule has 4 rings (SSSR count). The third kappa shape index (κ3) is 4.27. The number of nitrogens with zero attached hydrogens (tertiary/aromatic N) is 2. The molecule has 7 nitrogen and oxygen atoms in total. The average Bonchev–Trinajstić information content (AvgIpc) is 3.05. The number of imide groups is 1. The number of aromatic nitrogens is 1. The van der Waals surface area contributed by atoms with E-state index in [1.165, 1.54) is 6.20 Å². The summed E-state index contributed by atoms with van der Waals surface area (Å²) in [5.74, 6) is -0.907. The molecule has 1 aliphatic rings. The predicted molar refractivity (Wildman–Crippen MR) is 123 cm³/mol. The molecule has 3 amide bonds. The molecule has 1 N–H and O–H groups in total. The van der Waals surface area contributed by atoms with Gasteiger partial charge in [0.1, 0.15) is 6.04 Å². The van der Waals surface area contributed by atoms with E-state index in [9.17, 15) is 14.4 Å². The van der Waals surface area contributed by atoms with Crippen molar-refractivity contribution in [1.29, 1.82) is 0 Å². The lowest BCUT2D eigenvalue weighted by Crippen LogP contribution is -2.48. The maximum atomic E-state index is 13.4. The van der Waals surface area contributed by atoms with Crippen molar-refractivity contribution in [3.05, 3.63) is 88.0 Å². The minimum Gasteiger partial charge on any atom is -0.490 e. The number of nitrogens with one attached hydrogen (secondary N) is 1. The zero-order valence-electron chi connectivity index (χ0n) is 17.2. The molecule has 0 radical (unpaired) electrons. The fraction of sp³-hybridized carbons (Fsp3) is 0.167. The molecule has 162 valence electrons. The summed E-state index contributed by atoms with van der Waals surface area (Å²) in [6, 6.07) is 16.5. The largest absolute Gasteiger partial charge is 0.490 e. The molecule has 3 aromatic rings. The van der Waals surface area contributed by atoms with Crippen molar-refractivity contribution in [2.45, 2.75) is 19.4 Å². The molecule has 0 aliphatic carbocycles. The molecular formula is C24H20BrN3O4. The van der Waals surface area contributed by atoms with Crippen molar-refractivity contribution in [3.8, 4) is 5.75 Å². The Labute approximate surface area is 193 Å². The lowest BCUT2D eigenvalue weighted by Gasteiger charge is -2.25. The van der Waals surface area contributed by atoms with Gasteiger partial charge in [-0.3, -0.25) is 19.3 Å². The summed E-state index contributed by atoms with van der Waals surface area (Å²) in [6.07, 6.45) is 1.70. The SMILES string of the molecule is CCOc1cc(Br)cnc1NC(=O)[C@H](Cc1ccccc1)N1C(=O)c2ccccc2C1=O. The van der Waals surface area contributed by atoms with Crippen molar-refractivity contribution in [2.24, 2.45) is 0 Å². The number of anilines is 1. The van der Waals surface area contributed by atoms with Crippen LogP contribution in [0.1, 0.15) is 33.2 Å². The summed E-state index contributed by atoms with van der Waals surface area (Å²) in [7, 11) is 0. The van der Waals surface area contributed by atoms with Crippen LogP contribution in [0.2, 0.25) is 0 Å². The number of pyridine rings is 1. The van der Waals surface area contributed by atoms with E-state index in [2.05, 4.69) is 26.2 Å². The zero-order valence-corrected chi connectivity index (χ0v) is 18.8. The molecule has 0 fully saturated rings. The topological polar surface area (TPSA) is 88.6 Å². The molecule has 0 unspecified atom stereocenters. The summed E-state index contributed by atoms with van der Waals surface area (Å²) < 4.78 is 6.28. The van der Waals surface area contributed by atoms with Gasteiger partial charge in [0.25, 0.3) is 11.8 Å². The second-order valence-electron chi connectivity index (χ2n) is 7.15. The number of rotatable bonds is 7. The van der Waals surface area contributed by atoms with Crippen LogP contribution in [0.3, 0.4) is 0 Å². The van der Waals surface area contributed by atoms with Crippen LogP contribution in [0.15, 0.2) is 71.3 Å². The summed E-state index contributed by atoms with van der Waals surface area (Å²) in [5.41, 5.74) is 1.40. The number of hydrogen-bond donors (Lipinski definition) is 1. The number of halogens is 1. The molecule has 1 aliphatic heterocycles. The highest BCUT2D eigenvalue weighted by Crippen LogP contribution is 2.29. The summed E-state index contributed by atoms with van der Waals surface area (Å²) in [5, 5.41) is 2.75. The molecular weight excluding hydrogens is 474 g/mol. The molecule has 0 bridgehead atoms. The first-order valence-corrected chi connectivity index (χ1v) is 10.9. The fourth-order valence-electron chi connectivity index (χ4n) is 3.61. The Morgan fingerprint density at radius 2 is 1.69 bits per heavy atom. The summed E-state index contributed by atoms with van der Waals surface area (Å²) in [4.78, 5) is 44.9. The van der Waals surface area contributed by atoms with Crippen molar-refractivity contribution < 1.29 is 19.1 Å². The van der Waals surface area contributed by atoms with Crippen LogP contribution in [0, 0.1) is 0 Å². The monoisotopic (exact) mass is 493 g/mol. The van der Waals surface area contributed by atoms with Crippen LogP contribution >= 0.6 is 15.9 Å². The Hall–Kier alpha value is -3.52. The maximum Gasteiger partial charge on any atom is 0.262 e. The Bertz CT molecular complexity index is 1150. The van der Waals surface area contributed by atoms with E-state index in [-0.39, 0.29) is 12.2 Å². The van der Waals surface area contributed by atoms with E-state index >= 15 is 0 Å². The quantitative estimate of drug-likeness (QED) is 0.500. The van der Waals surface area contributed by atoms with Gasteiger partial charge in [0.2, 0.25) is 5.91 Å². The first-order chi connectivity index (χ1) is 15.5. The molecule has 0 saturated carbocycles. The molecule has 2 aromatic carbocycles. The highest BCUT2D eigenvalue weighted by molar-refractivity contribution is 9.10. The molecule has 0 spiro atoms. The third-order valence-corrected chi connectivity index (χ3v) is 5.51. The molecule has 0 saturated heterocycles. The van der Waals surface area contributed by atoms with Crippen molar-refractivity contribution in [3.63, 3.8) is 0 Å². The van der Waals surface area contributed by atoms with Gasteiger partial charge in [0, 0.05) is 17.1 Å². The zero-order chi connectivity index (χ0) is 22.7. The Morgan fingerprint density at radius 1 is 1.06 bits per heavy atom. The van der Waals surface area contributed by atoms with E-state index in [1.54, 1.807) is 30.3 Å². The molecule has 32 heavy (non-hydrogen) atoms. The molecule has 8 heteroatoms. The summed E-state index contributed by atoms with van der Waals surface area (Å²) >= 11 is 3.34. The smallest absolute Gasteiger partial charge is 0.262 e. The average molecular weight is 494 g/mol. The van der Waals surface area contributed by atoms with Gasteiger partial charge >= 0.3 is 0 Å². The highest BCUT2D eigenvalue weighted by Gasteiger charge is 2.42. The first-order valence-electron chi connectivity index (χ1n) is 10.1. The van der Waals surface area contributed by atoms with Gasteiger partial charge in [-0.15, -0.1) is 0 Å². The standard InChI is InChI=1S/C24H20BrN3O4/c1-2-32-20-13-16(25)14-26-21(20)27-22(29)19(12-15-8-4-3-5-9-15)28-23(30)17-10-6-7-11-18(17)24(28)31/h3-11,13-14,19H,2,12H2,1H3,(H,26,27,29)/t19-/m0/s1. The highest BCUT2D eigenvalue weighted by atomic mass is 79.9. The van der Waals surface area contributed by atoms with Gasteiger partial charge in [-0.05, 0) is 46.6 Å².